The second-order valence-corrected chi connectivity index (χ2v) is 7.36. The van der Waals surface area contributed by atoms with Crippen molar-refractivity contribution in [3.05, 3.63) is 48.5 Å². The van der Waals surface area contributed by atoms with Crippen LogP contribution in [0, 0.1) is 0 Å². The Morgan fingerprint density at radius 2 is 1.79 bits per heavy atom. The standard InChI is InChI=1S/C24H34N2O3/c1-4-5-6-7-10-16-28-21-13-11-12-20(17-21)25-18-24(27)26-22-14-8-9-15-23(22)29-19(2)3/h8-9,11-15,17,19,25H,4-7,10,16,18H2,1-3H3,(H,26,27). The van der Waals surface area contributed by atoms with Crippen LogP contribution in [0.25, 0.3) is 0 Å². The zero-order chi connectivity index (χ0) is 20.9. The van der Waals surface area contributed by atoms with Gasteiger partial charge in [0.2, 0.25) is 5.91 Å². The van der Waals surface area contributed by atoms with Gasteiger partial charge in [-0.3, -0.25) is 4.79 Å². The van der Waals surface area contributed by atoms with Gasteiger partial charge in [0.05, 0.1) is 24.9 Å². The molecular weight excluding hydrogens is 364 g/mol. The number of carbonyl (C=O) groups is 1. The first kappa shape index (κ1) is 22.6. The Kier molecular flexibility index (Phi) is 9.90. The first-order valence-electron chi connectivity index (χ1n) is 10.6. The third-order valence-electron chi connectivity index (χ3n) is 4.33. The molecule has 0 aliphatic heterocycles. The lowest BCUT2D eigenvalue weighted by Gasteiger charge is -2.15. The molecule has 158 valence electrons. The number of rotatable bonds is 13. The molecule has 0 heterocycles. The molecule has 0 aromatic heterocycles. The van der Waals surface area contributed by atoms with E-state index in [1.807, 2.05) is 62.4 Å². The van der Waals surface area contributed by atoms with Crippen molar-refractivity contribution in [2.24, 2.45) is 0 Å². The summed E-state index contributed by atoms with van der Waals surface area (Å²) in [7, 11) is 0. The number of unbranched alkanes of at least 4 members (excludes halogenated alkanes) is 4. The summed E-state index contributed by atoms with van der Waals surface area (Å²) in [6.45, 7) is 7.02. The maximum atomic E-state index is 12.3. The van der Waals surface area contributed by atoms with Crippen LogP contribution in [0.3, 0.4) is 0 Å². The van der Waals surface area contributed by atoms with E-state index in [0.29, 0.717) is 11.4 Å². The summed E-state index contributed by atoms with van der Waals surface area (Å²) in [6.07, 6.45) is 6.11. The van der Waals surface area contributed by atoms with Crippen LogP contribution in [0.1, 0.15) is 52.9 Å². The van der Waals surface area contributed by atoms with E-state index in [2.05, 4.69) is 17.6 Å². The van der Waals surface area contributed by atoms with Gasteiger partial charge in [-0.2, -0.15) is 0 Å². The fourth-order valence-corrected chi connectivity index (χ4v) is 2.89. The number of nitrogens with one attached hydrogen (secondary N) is 2. The molecule has 0 radical (unpaired) electrons. The number of benzene rings is 2. The van der Waals surface area contributed by atoms with Gasteiger partial charge in [-0.1, -0.05) is 50.8 Å². The van der Waals surface area contributed by atoms with Crippen molar-refractivity contribution in [2.75, 3.05) is 23.8 Å². The van der Waals surface area contributed by atoms with Gasteiger partial charge < -0.3 is 20.1 Å². The van der Waals surface area contributed by atoms with Crippen LogP contribution in [0.2, 0.25) is 0 Å². The maximum absolute atomic E-state index is 12.3. The van der Waals surface area contributed by atoms with Crippen LogP contribution in [-0.4, -0.2) is 25.2 Å². The van der Waals surface area contributed by atoms with E-state index in [0.717, 1.165) is 24.5 Å². The van der Waals surface area contributed by atoms with Crippen LogP contribution in [-0.2, 0) is 4.79 Å². The van der Waals surface area contributed by atoms with Crippen molar-refractivity contribution in [3.63, 3.8) is 0 Å². The molecule has 5 heteroatoms. The second-order valence-electron chi connectivity index (χ2n) is 7.36. The van der Waals surface area contributed by atoms with Gasteiger partial charge in [0.15, 0.2) is 0 Å². The highest BCUT2D eigenvalue weighted by Crippen LogP contribution is 2.25. The van der Waals surface area contributed by atoms with Crippen LogP contribution in [0.5, 0.6) is 11.5 Å². The summed E-state index contributed by atoms with van der Waals surface area (Å²) in [5, 5.41) is 6.05. The smallest absolute Gasteiger partial charge is 0.243 e. The summed E-state index contributed by atoms with van der Waals surface area (Å²) in [4.78, 5) is 12.3. The molecular formula is C24H34N2O3. The first-order chi connectivity index (χ1) is 14.1. The maximum Gasteiger partial charge on any atom is 0.243 e. The lowest BCUT2D eigenvalue weighted by Crippen LogP contribution is -2.22. The number of hydrogen-bond donors (Lipinski definition) is 2. The van der Waals surface area contributed by atoms with Crippen LogP contribution in [0.15, 0.2) is 48.5 Å². The summed E-state index contributed by atoms with van der Waals surface area (Å²) in [5.41, 5.74) is 1.53. The van der Waals surface area contributed by atoms with Crippen molar-refractivity contribution in [1.29, 1.82) is 0 Å². The summed E-state index contributed by atoms with van der Waals surface area (Å²) in [5.74, 6) is 1.36. The summed E-state index contributed by atoms with van der Waals surface area (Å²) in [6, 6.07) is 15.2. The van der Waals surface area contributed by atoms with Gasteiger partial charge in [-0.05, 0) is 44.5 Å². The van der Waals surface area contributed by atoms with E-state index in [-0.39, 0.29) is 18.6 Å². The largest absolute Gasteiger partial charge is 0.494 e. The molecule has 0 atom stereocenters. The molecule has 0 spiro atoms. The van der Waals surface area contributed by atoms with Crippen LogP contribution >= 0.6 is 0 Å². The minimum absolute atomic E-state index is 0.0422. The lowest BCUT2D eigenvalue weighted by molar-refractivity contribution is -0.114. The molecule has 29 heavy (non-hydrogen) atoms. The van der Waals surface area contributed by atoms with E-state index >= 15 is 0 Å². The Hall–Kier alpha value is -2.69. The molecule has 2 rings (SSSR count). The van der Waals surface area contributed by atoms with E-state index < -0.39 is 0 Å². The molecule has 5 nitrogen and oxygen atoms in total. The predicted octanol–water partition coefficient (Wildman–Crippen LogP) is 5.87. The minimum atomic E-state index is -0.132. The van der Waals surface area contributed by atoms with E-state index in [9.17, 15) is 4.79 Å². The van der Waals surface area contributed by atoms with Gasteiger partial charge >= 0.3 is 0 Å². The zero-order valence-corrected chi connectivity index (χ0v) is 17.9. The monoisotopic (exact) mass is 398 g/mol. The van der Waals surface area contributed by atoms with Crippen molar-refractivity contribution < 1.29 is 14.3 Å². The number of para-hydroxylation sites is 2. The minimum Gasteiger partial charge on any atom is -0.494 e. The normalized spacial score (nSPS) is 10.6. The molecule has 0 saturated carbocycles. The van der Waals surface area contributed by atoms with Gasteiger partial charge in [-0.15, -0.1) is 0 Å². The highest BCUT2D eigenvalue weighted by atomic mass is 16.5. The zero-order valence-electron chi connectivity index (χ0n) is 17.9. The fourth-order valence-electron chi connectivity index (χ4n) is 2.89. The third-order valence-corrected chi connectivity index (χ3v) is 4.33. The topological polar surface area (TPSA) is 59.6 Å². The Morgan fingerprint density at radius 3 is 2.59 bits per heavy atom. The molecule has 0 fully saturated rings. The van der Waals surface area contributed by atoms with Gasteiger partial charge in [0, 0.05) is 11.8 Å². The average molecular weight is 399 g/mol. The molecule has 0 aliphatic carbocycles. The Labute approximate surface area is 174 Å². The molecule has 2 N–H and O–H groups in total. The third kappa shape index (κ3) is 8.90. The van der Waals surface area contributed by atoms with Crippen LogP contribution in [0.4, 0.5) is 11.4 Å². The predicted molar refractivity (Wildman–Crippen MR) is 120 cm³/mol. The Bertz CT molecular complexity index is 746. The molecule has 0 unspecified atom stereocenters. The van der Waals surface area contributed by atoms with E-state index in [1.165, 1.54) is 25.7 Å². The van der Waals surface area contributed by atoms with Gasteiger partial charge in [-0.25, -0.2) is 0 Å². The Morgan fingerprint density at radius 1 is 1.00 bits per heavy atom. The number of hydrogen-bond acceptors (Lipinski definition) is 4. The van der Waals surface area contributed by atoms with Gasteiger partial charge in [0.25, 0.3) is 0 Å². The molecule has 0 aliphatic rings. The molecule has 0 bridgehead atoms. The fraction of sp³-hybridized carbons (Fsp3) is 0.458. The van der Waals surface area contributed by atoms with E-state index in [4.69, 9.17) is 9.47 Å². The van der Waals surface area contributed by atoms with Crippen molar-refractivity contribution in [2.45, 2.75) is 59.0 Å². The first-order valence-corrected chi connectivity index (χ1v) is 10.6. The highest BCUT2D eigenvalue weighted by Gasteiger charge is 2.09. The van der Waals surface area contributed by atoms with E-state index in [1.54, 1.807) is 0 Å². The quantitative estimate of drug-likeness (QED) is 0.414. The summed E-state index contributed by atoms with van der Waals surface area (Å²) < 4.78 is 11.6. The number of carbonyl (C=O) groups excluding carboxylic acids is 1. The van der Waals surface area contributed by atoms with Gasteiger partial charge in [0.1, 0.15) is 11.5 Å². The van der Waals surface area contributed by atoms with Crippen molar-refractivity contribution in [1.82, 2.24) is 0 Å². The Balaban J connectivity index is 1.79. The van der Waals surface area contributed by atoms with Crippen molar-refractivity contribution in [3.8, 4) is 11.5 Å². The van der Waals surface area contributed by atoms with Crippen molar-refractivity contribution >= 4 is 17.3 Å². The number of anilines is 2. The second kappa shape index (κ2) is 12.7. The molecule has 1 amide bonds. The number of amides is 1. The average Bonchev–Trinajstić information content (AvgIpc) is 2.70. The SMILES string of the molecule is CCCCCCCOc1cccc(NCC(=O)Nc2ccccc2OC(C)C)c1. The van der Waals surface area contributed by atoms with Crippen LogP contribution < -0.4 is 20.1 Å². The molecule has 0 saturated heterocycles. The molecule has 2 aromatic carbocycles. The molecule has 2 aromatic rings. The lowest BCUT2D eigenvalue weighted by atomic mass is 10.2. The summed E-state index contributed by atoms with van der Waals surface area (Å²) >= 11 is 0. The highest BCUT2D eigenvalue weighted by molar-refractivity contribution is 5.95. The number of ether oxygens (including phenoxy) is 2.